The van der Waals surface area contributed by atoms with E-state index in [0.717, 1.165) is 0 Å². The molecule has 3 aromatic rings. The van der Waals surface area contributed by atoms with E-state index in [1.807, 2.05) is 12.1 Å². The Bertz CT molecular complexity index is 1500. The number of ketones is 1. The van der Waals surface area contributed by atoms with E-state index >= 15 is 0 Å². The van der Waals surface area contributed by atoms with Crippen molar-refractivity contribution in [2.24, 2.45) is 4.99 Å². The van der Waals surface area contributed by atoms with Gasteiger partial charge in [-0.2, -0.15) is 0 Å². The van der Waals surface area contributed by atoms with E-state index in [4.69, 9.17) is 89.2 Å². The molecule has 0 saturated heterocycles. The van der Waals surface area contributed by atoms with Crippen LogP contribution in [0, 0.1) is 30.6 Å². The molecule has 0 amide bonds. The smallest absolute Gasteiger partial charge is 0.490 e. The monoisotopic (exact) mass is 840 g/mol. The van der Waals surface area contributed by atoms with Crippen LogP contribution in [-0.4, -0.2) is 112 Å². The summed E-state index contributed by atoms with van der Waals surface area (Å²) in [6.07, 6.45) is 0. The molecule has 0 unspecified atom stereocenters. The van der Waals surface area contributed by atoms with Crippen molar-refractivity contribution in [3.05, 3.63) is 93.0 Å². The second kappa shape index (κ2) is 24.4. The fourth-order valence-corrected chi connectivity index (χ4v) is 4.30. The topological polar surface area (TPSA) is 303 Å². The zero-order valence-corrected chi connectivity index (χ0v) is 32.0. The predicted octanol–water partition coefficient (Wildman–Crippen LogP) is -4.34. The van der Waals surface area contributed by atoms with Crippen LogP contribution < -0.4 is 46.7 Å². The van der Waals surface area contributed by atoms with Gasteiger partial charge in [0.15, 0.2) is 0 Å². The van der Waals surface area contributed by atoms with Gasteiger partial charge in [-0.1, -0.05) is 24.3 Å². The van der Waals surface area contributed by atoms with Gasteiger partial charge in [-0.25, -0.2) is 42.3 Å². The molecule has 1 heterocycles. The SMILES string of the molecule is ClCCl.O=C1c2c3cccc2C(=Nc2ccc([N+](=O)[O-])cc2)c2cccc(c21)OCCOCCOCCOCCO3.[Ca+2].[O-][Cl+3]([O-])([O-])[O-].[O-][Cl+3]([O-])([O-])[O-]. The summed E-state index contributed by atoms with van der Waals surface area (Å²) >= 11 is 9.53. The number of nitro benzene ring substituents is 1. The average molecular weight is 842 g/mol. The Morgan fingerprint density at radius 1 is 0.635 bits per heavy atom. The molecule has 18 nitrogen and oxygen atoms in total. The van der Waals surface area contributed by atoms with Gasteiger partial charge in [0, 0.05) is 23.3 Å². The third-order valence-corrected chi connectivity index (χ3v) is 6.03. The van der Waals surface area contributed by atoms with Crippen molar-refractivity contribution in [1.82, 2.24) is 0 Å². The van der Waals surface area contributed by atoms with Crippen LogP contribution in [0.1, 0.15) is 27.0 Å². The van der Waals surface area contributed by atoms with Gasteiger partial charge in [0.05, 0.1) is 72.4 Å². The normalized spacial score (nSPS) is 14.7. The molecule has 0 atom stereocenters. The minimum absolute atomic E-state index is 0. The van der Waals surface area contributed by atoms with Gasteiger partial charge in [-0.05, 0) is 24.3 Å². The molecule has 0 aromatic heterocycles. The van der Waals surface area contributed by atoms with E-state index in [2.05, 4.69) is 0 Å². The number of rotatable bonds is 2. The molecule has 280 valence electrons. The van der Waals surface area contributed by atoms with Crippen LogP contribution in [0.25, 0.3) is 0 Å². The fourth-order valence-electron chi connectivity index (χ4n) is 4.30. The van der Waals surface area contributed by atoms with Crippen LogP contribution in [0.5, 0.6) is 11.5 Å². The molecule has 5 rings (SSSR count). The van der Waals surface area contributed by atoms with Gasteiger partial charge in [0.2, 0.25) is 5.78 Å². The van der Waals surface area contributed by atoms with Gasteiger partial charge in [0.25, 0.3) is 5.69 Å². The fraction of sp³-hybridized carbons (Fsp3) is 0.310. The third kappa shape index (κ3) is 18.3. The van der Waals surface area contributed by atoms with E-state index in [0.29, 0.717) is 84.8 Å². The molecule has 3 aromatic carbocycles. The van der Waals surface area contributed by atoms with Gasteiger partial charge >= 0.3 is 37.7 Å². The van der Waals surface area contributed by atoms with Crippen molar-refractivity contribution in [3.63, 3.8) is 0 Å². The molecule has 52 heavy (non-hydrogen) atoms. The van der Waals surface area contributed by atoms with Crippen molar-refractivity contribution < 1.29 is 91.2 Å². The van der Waals surface area contributed by atoms with Gasteiger partial charge in [0.1, 0.15) is 24.7 Å². The van der Waals surface area contributed by atoms with Gasteiger partial charge in [-0.3, -0.25) is 14.9 Å². The zero-order chi connectivity index (χ0) is 38.0. The molecule has 0 spiro atoms. The van der Waals surface area contributed by atoms with E-state index in [1.165, 1.54) is 12.1 Å². The zero-order valence-electron chi connectivity index (χ0n) is 26.8. The number of alkyl halides is 2. The summed E-state index contributed by atoms with van der Waals surface area (Å²) in [6.45, 7) is 2.86. The van der Waals surface area contributed by atoms with Crippen molar-refractivity contribution in [3.8, 4) is 11.5 Å². The van der Waals surface area contributed by atoms with Crippen molar-refractivity contribution >= 4 is 83.8 Å². The van der Waals surface area contributed by atoms with E-state index in [1.54, 1.807) is 36.4 Å². The Morgan fingerprint density at radius 2 is 0.981 bits per heavy atom. The maximum absolute atomic E-state index is 13.9. The van der Waals surface area contributed by atoms with E-state index < -0.39 is 25.4 Å². The quantitative estimate of drug-likeness (QED) is 0.0797. The van der Waals surface area contributed by atoms with Crippen molar-refractivity contribution in [2.75, 3.05) is 58.2 Å². The number of nitrogens with zero attached hydrogens (tertiary/aromatic N) is 2. The third-order valence-electron chi connectivity index (χ3n) is 6.03. The number of nitro groups is 1. The first kappa shape index (κ1) is 48.0. The molecule has 1 aliphatic heterocycles. The minimum Gasteiger partial charge on any atom is -0.490 e. The van der Waals surface area contributed by atoms with E-state index in [9.17, 15) is 14.9 Å². The first-order chi connectivity index (χ1) is 24.0. The number of hydrogen-bond donors (Lipinski definition) is 0. The van der Waals surface area contributed by atoms with Crippen LogP contribution in [0.3, 0.4) is 0 Å². The number of aliphatic imine (C=N–C) groups is 1. The van der Waals surface area contributed by atoms with Gasteiger partial charge in [-0.15, -0.1) is 43.7 Å². The molecule has 0 saturated carbocycles. The van der Waals surface area contributed by atoms with Crippen LogP contribution in [0.15, 0.2) is 65.7 Å². The number of benzene rings is 3. The molecule has 2 bridgehead atoms. The second-order valence-electron chi connectivity index (χ2n) is 9.31. The Labute approximate surface area is 340 Å². The second-order valence-corrected chi connectivity index (χ2v) is 11.6. The number of carbonyl (C=O) groups is 1. The van der Waals surface area contributed by atoms with Crippen LogP contribution in [-0.2, 0) is 14.2 Å². The summed E-state index contributed by atoms with van der Waals surface area (Å²) in [6, 6.07) is 16.7. The summed E-state index contributed by atoms with van der Waals surface area (Å²) in [5.41, 5.74) is 2.96. The summed E-state index contributed by atoms with van der Waals surface area (Å²) in [7, 11) is -9.89. The standard InChI is InChI=1S/C28H26N2O8.CH2Cl2.Ca.2ClHO4/c31-28-25-21-3-1-5-23(25)37-17-15-35-13-11-34-12-14-36-16-18-38-24-6-2-4-22(26(24)28)27(21)29-19-7-9-20(10-8-19)30(32)33;2-1-3;;2*2-1(3,4)5/h1-10H,11-18H2;1H2;;2*(H,2,3,4,5)/q;;+2;;/p-2. The van der Waals surface area contributed by atoms with Crippen molar-refractivity contribution in [2.45, 2.75) is 0 Å². The van der Waals surface area contributed by atoms with Crippen molar-refractivity contribution in [1.29, 1.82) is 0 Å². The molecule has 0 N–H and O–H groups in total. The number of non-ortho nitro benzene ring substituents is 1. The molecule has 23 heteroatoms. The summed E-state index contributed by atoms with van der Waals surface area (Å²) in [5.74, 6) is 0.586. The Hall–Kier alpha value is -2.02. The molecule has 2 aliphatic rings. The van der Waals surface area contributed by atoms with Crippen LogP contribution in [0.2, 0.25) is 0 Å². The average Bonchev–Trinajstić information content (AvgIpc) is 3.03. The van der Waals surface area contributed by atoms with Crippen LogP contribution >= 0.6 is 23.2 Å². The molecular formula is C29H28CaCl4N2O16. The molecule has 0 radical (unpaired) electrons. The molecular weight excluding hydrogens is 814 g/mol. The summed E-state index contributed by atoms with van der Waals surface area (Å²) < 4.78 is 96.6. The number of carbonyl (C=O) groups excluding carboxylic acids is 1. The Balaban J connectivity index is 0.000000835. The Morgan fingerprint density at radius 3 is 1.33 bits per heavy atom. The predicted molar refractivity (Wildman–Crippen MR) is 160 cm³/mol. The first-order valence-electron chi connectivity index (χ1n) is 14.0. The molecule has 0 fully saturated rings. The summed E-state index contributed by atoms with van der Waals surface area (Å²) in [4.78, 5) is 29.4. The number of halogens is 4. The first-order valence-corrected chi connectivity index (χ1v) is 17.6. The molecule has 1 aliphatic carbocycles. The van der Waals surface area contributed by atoms with Gasteiger partial charge < -0.3 is 23.7 Å². The minimum atomic E-state index is -4.94. The number of hydrogen-bond acceptors (Lipinski definition) is 17. The largest absolute Gasteiger partial charge is 2.00 e. The Kier molecular flexibility index (Phi) is 22.5. The van der Waals surface area contributed by atoms with E-state index in [-0.39, 0.29) is 67.8 Å². The van der Waals surface area contributed by atoms with Crippen LogP contribution in [0.4, 0.5) is 11.4 Å². The number of ether oxygens (including phenoxy) is 5. The summed E-state index contributed by atoms with van der Waals surface area (Å²) in [5, 5.41) is 11.3. The maximum atomic E-state index is 13.9. The maximum Gasteiger partial charge on any atom is 2.00 e.